The van der Waals surface area contributed by atoms with E-state index in [0.29, 0.717) is 29.1 Å². The molecule has 1 aliphatic rings. The normalized spacial score (nSPS) is 14.3. The average molecular weight is 364 g/mol. The van der Waals surface area contributed by atoms with Gasteiger partial charge in [0.1, 0.15) is 11.4 Å². The molecular formula is C22H24N2O3. The summed E-state index contributed by atoms with van der Waals surface area (Å²) in [4.78, 5) is 27.4. The Labute approximate surface area is 159 Å². The summed E-state index contributed by atoms with van der Waals surface area (Å²) in [6, 6.07) is 14.9. The SMILES string of the molecule is COc1ccc(C2=C(Nc3cccc(C)c3)C(=O)N(CC(C)C)C2=O)cc1. The van der Waals surface area contributed by atoms with E-state index in [2.05, 4.69) is 5.32 Å². The molecule has 2 amide bonds. The van der Waals surface area contributed by atoms with Crippen LogP contribution in [0.5, 0.6) is 5.75 Å². The summed E-state index contributed by atoms with van der Waals surface area (Å²) in [6.07, 6.45) is 0. The molecule has 0 atom stereocenters. The molecular weight excluding hydrogens is 340 g/mol. The number of carbonyl (C=O) groups is 2. The minimum absolute atomic E-state index is 0.188. The van der Waals surface area contributed by atoms with Crippen LogP contribution in [0.3, 0.4) is 0 Å². The summed E-state index contributed by atoms with van der Waals surface area (Å²) in [6.45, 7) is 6.34. The number of hydrogen-bond acceptors (Lipinski definition) is 4. The quantitative estimate of drug-likeness (QED) is 0.791. The number of hydrogen-bond donors (Lipinski definition) is 1. The molecule has 5 nitrogen and oxygen atoms in total. The topological polar surface area (TPSA) is 58.6 Å². The third-order valence-corrected chi connectivity index (χ3v) is 4.38. The third kappa shape index (κ3) is 3.87. The highest BCUT2D eigenvalue weighted by Gasteiger charge is 2.39. The van der Waals surface area contributed by atoms with Gasteiger partial charge >= 0.3 is 0 Å². The number of nitrogens with zero attached hydrogens (tertiary/aromatic N) is 1. The summed E-state index contributed by atoms with van der Waals surface area (Å²) in [7, 11) is 1.59. The Kier molecular flexibility index (Phi) is 5.31. The van der Waals surface area contributed by atoms with Crippen molar-refractivity contribution in [3.8, 4) is 5.75 Å². The summed E-state index contributed by atoms with van der Waals surface area (Å²) in [5.41, 5.74) is 3.25. The van der Waals surface area contributed by atoms with Crippen LogP contribution in [0.25, 0.3) is 5.57 Å². The van der Waals surface area contributed by atoms with Gasteiger partial charge in [-0.25, -0.2) is 0 Å². The minimum atomic E-state index is -0.291. The van der Waals surface area contributed by atoms with Gasteiger partial charge in [0.05, 0.1) is 12.7 Å². The van der Waals surface area contributed by atoms with Crippen LogP contribution in [0.2, 0.25) is 0 Å². The Morgan fingerprint density at radius 2 is 1.74 bits per heavy atom. The molecule has 27 heavy (non-hydrogen) atoms. The number of benzene rings is 2. The number of anilines is 1. The van der Waals surface area contributed by atoms with Crippen molar-refractivity contribution in [2.45, 2.75) is 20.8 Å². The van der Waals surface area contributed by atoms with Crippen LogP contribution in [0.4, 0.5) is 5.69 Å². The Bertz CT molecular complexity index is 898. The lowest BCUT2D eigenvalue weighted by molar-refractivity contribution is -0.137. The van der Waals surface area contributed by atoms with Crippen molar-refractivity contribution < 1.29 is 14.3 Å². The molecule has 0 aliphatic carbocycles. The maximum absolute atomic E-state index is 13.0. The number of amides is 2. The monoisotopic (exact) mass is 364 g/mol. The van der Waals surface area contributed by atoms with Crippen molar-refractivity contribution in [2.75, 3.05) is 19.0 Å². The van der Waals surface area contributed by atoms with Gasteiger partial charge in [0.2, 0.25) is 0 Å². The van der Waals surface area contributed by atoms with Crippen LogP contribution >= 0.6 is 0 Å². The number of carbonyl (C=O) groups excluding carboxylic acids is 2. The van der Waals surface area contributed by atoms with Crippen LogP contribution in [-0.4, -0.2) is 30.4 Å². The zero-order valence-corrected chi connectivity index (χ0v) is 16.1. The second-order valence-electron chi connectivity index (χ2n) is 7.09. The van der Waals surface area contributed by atoms with Gasteiger partial charge in [-0.2, -0.15) is 0 Å². The van der Waals surface area contributed by atoms with E-state index in [-0.39, 0.29) is 17.7 Å². The molecule has 1 heterocycles. The Balaban J connectivity index is 2.05. The summed E-state index contributed by atoms with van der Waals surface area (Å²) >= 11 is 0. The van der Waals surface area contributed by atoms with Crippen molar-refractivity contribution in [1.29, 1.82) is 0 Å². The van der Waals surface area contributed by atoms with Gasteiger partial charge in [-0.3, -0.25) is 14.5 Å². The standard InChI is InChI=1S/C22H24N2O3/c1-14(2)13-24-21(25)19(16-8-10-18(27-4)11-9-16)20(22(24)26)23-17-7-5-6-15(3)12-17/h5-12,14,23H,13H2,1-4H3. The number of methoxy groups -OCH3 is 1. The Morgan fingerprint density at radius 3 is 2.33 bits per heavy atom. The number of imide groups is 1. The molecule has 140 valence electrons. The van der Waals surface area contributed by atoms with Crippen LogP contribution in [-0.2, 0) is 9.59 Å². The summed E-state index contributed by atoms with van der Waals surface area (Å²) in [5.74, 6) is 0.326. The molecule has 0 bridgehead atoms. The summed E-state index contributed by atoms with van der Waals surface area (Å²) < 4.78 is 5.20. The van der Waals surface area contributed by atoms with Gasteiger partial charge in [-0.1, -0.05) is 38.1 Å². The van der Waals surface area contributed by atoms with Crippen molar-refractivity contribution in [1.82, 2.24) is 4.90 Å². The first kappa shape index (κ1) is 18.7. The molecule has 0 spiro atoms. The molecule has 2 aromatic carbocycles. The van der Waals surface area contributed by atoms with Crippen molar-refractivity contribution in [2.24, 2.45) is 5.92 Å². The van der Waals surface area contributed by atoms with Gasteiger partial charge in [-0.05, 0) is 48.2 Å². The lowest BCUT2D eigenvalue weighted by atomic mass is 10.0. The first-order chi connectivity index (χ1) is 12.9. The summed E-state index contributed by atoms with van der Waals surface area (Å²) in [5, 5.41) is 3.18. The number of aryl methyl sites for hydroxylation is 1. The maximum Gasteiger partial charge on any atom is 0.278 e. The predicted molar refractivity (Wildman–Crippen MR) is 106 cm³/mol. The first-order valence-electron chi connectivity index (χ1n) is 8.99. The second kappa shape index (κ2) is 7.66. The Hall–Kier alpha value is -3.08. The number of ether oxygens (including phenoxy) is 1. The molecule has 0 radical (unpaired) electrons. The third-order valence-electron chi connectivity index (χ3n) is 4.38. The zero-order chi connectivity index (χ0) is 19.6. The fourth-order valence-electron chi connectivity index (χ4n) is 3.12. The van der Waals surface area contributed by atoms with Gasteiger partial charge in [0.25, 0.3) is 11.8 Å². The fourth-order valence-corrected chi connectivity index (χ4v) is 3.12. The Morgan fingerprint density at radius 1 is 1.04 bits per heavy atom. The molecule has 0 fully saturated rings. The lowest BCUT2D eigenvalue weighted by Gasteiger charge is -2.17. The smallest absolute Gasteiger partial charge is 0.278 e. The molecule has 0 unspecified atom stereocenters. The van der Waals surface area contributed by atoms with E-state index in [1.807, 2.05) is 45.0 Å². The molecule has 0 aromatic heterocycles. The van der Waals surface area contributed by atoms with Crippen LogP contribution < -0.4 is 10.1 Å². The molecule has 1 N–H and O–H groups in total. The maximum atomic E-state index is 13.0. The van der Waals surface area contributed by atoms with Crippen LogP contribution in [0.15, 0.2) is 54.2 Å². The van der Waals surface area contributed by atoms with Crippen molar-refractivity contribution in [3.63, 3.8) is 0 Å². The zero-order valence-electron chi connectivity index (χ0n) is 16.1. The molecule has 0 saturated carbocycles. The predicted octanol–water partition coefficient (Wildman–Crippen LogP) is 3.85. The highest BCUT2D eigenvalue weighted by molar-refractivity contribution is 6.36. The van der Waals surface area contributed by atoms with E-state index in [1.54, 1.807) is 31.4 Å². The van der Waals surface area contributed by atoms with E-state index >= 15 is 0 Å². The minimum Gasteiger partial charge on any atom is -0.497 e. The molecule has 0 saturated heterocycles. The molecule has 1 aliphatic heterocycles. The first-order valence-corrected chi connectivity index (χ1v) is 8.99. The number of nitrogens with one attached hydrogen (secondary N) is 1. The molecule has 2 aromatic rings. The highest BCUT2D eigenvalue weighted by atomic mass is 16.5. The second-order valence-corrected chi connectivity index (χ2v) is 7.09. The average Bonchev–Trinajstić information content (AvgIpc) is 2.86. The van der Waals surface area contributed by atoms with E-state index in [4.69, 9.17) is 4.74 Å². The largest absolute Gasteiger partial charge is 0.497 e. The van der Waals surface area contributed by atoms with E-state index in [0.717, 1.165) is 11.3 Å². The molecule has 3 rings (SSSR count). The van der Waals surface area contributed by atoms with E-state index in [9.17, 15) is 9.59 Å². The molecule has 5 heteroatoms. The fraction of sp³-hybridized carbons (Fsp3) is 0.273. The van der Waals surface area contributed by atoms with Gasteiger partial charge in [-0.15, -0.1) is 0 Å². The highest BCUT2D eigenvalue weighted by Crippen LogP contribution is 2.32. The van der Waals surface area contributed by atoms with E-state index < -0.39 is 0 Å². The van der Waals surface area contributed by atoms with E-state index in [1.165, 1.54) is 4.90 Å². The lowest BCUT2D eigenvalue weighted by Crippen LogP contribution is -2.35. The van der Waals surface area contributed by atoms with Crippen LogP contribution in [0.1, 0.15) is 25.0 Å². The van der Waals surface area contributed by atoms with Crippen molar-refractivity contribution in [3.05, 3.63) is 65.4 Å². The van der Waals surface area contributed by atoms with Gasteiger partial charge < -0.3 is 10.1 Å². The van der Waals surface area contributed by atoms with Crippen molar-refractivity contribution >= 4 is 23.1 Å². The van der Waals surface area contributed by atoms with Gasteiger partial charge in [0.15, 0.2) is 0 Å². The number of rotatable bonds is 6. The van der Waals surface area contributed by atoms with Crippen LogP contribution in [0, 0.1) is 12.8 Å². The van der Waals surface area contributed by atoms with Gasteiger partial charge in [0, 0.05) is 12.2 Å².